The Kier molecular flexibility index (Phi) is 7.44. The van der Waals surface area contributed by atoms with Gasteiger partial charge in [-0.3, -0.25) is 4.79 Å². The molecule has 2 aromatic carbocycles. The topological polar surface area (TPSA) is 77.5 Å². The number of amides is 1. The standard InChI is InChI=1S/C22H17Cl2FN2O4/c1-13(22(29)30-12-14-8-4-2-5-9-14)31-21-17(24)18(16(23)19(25)27-21)26-20(28)15-10-6-3-7-11-15/h2-11,13H,12H2,1H3,(H,26,27,28). The fraction of sp³-hybridized carbons (Fsp3) is 0.136. The summed E-state index contributed by atoms with van der Waals surface area (Å²) in [7, 11) is 0. The Morgan fingerprint density at radius 2 is 1.65 bits per heavy atom. The van der Waals surface area contributed by atoms with Crippen LogP contribution in [0.1, 0.15) is 22.8 Å². The Balaban J connectivity index is 1.73. The lowest BCUT2D eigenvalue weighted by molar-refractivity contribution is -0.152. The van der Waals surface area contributed by atoms with Crippen LogP contribution in [0.25, 0.3) is 0 Å². The first kappa shape index (κ1) is 22.5. The molecular formula is C22H17Cl2FN2O4. The summed E-state index contributed by atoms with van der Waals surface area (Å²) in [6.07, 6.45) is -1.15. The van der Waals surface area contributed by atoms with Gasteiger partial charge in [-0.15, -0.1) is 0 Å². The minimum absolute atomic E-state index is 0.0435. The van der Waals surface area contributed by atoms with Crippen molar-refractivity contribution in [2.24, 2.45) is 0 Å². The summed E-state index contributed by atoms with van der Waals surface area (Å²) in [6.45, 7) is 1.45. The van der Waals surface area contributed by atoms with E-state index in [-0.39, 0.29) is 17.3 Å². The second-order valence-corrected chi connectivity index (χ2v) is 7.14. The van der Waals surface area contributed by atoms with Crippen LogP contribution in [0.5, 0.6) is 5.88 Å². The van der Waals surface area contributed by atoms with Crippen molar-refractivity contribution in [2.75, 3.05) is 5.32 Å². The molecule has 0 fully saturated rings. The van der Waals surface area contributed by atoms with Crippen LogP contribution in [0.4, 0.5) is 10.1 Å². The first-order valence-electron chi connectivity index (χ1n) is 9.15. The Labute approximate surface area is 187 Å². The molecule has 1 amide bonds. The molecule has 1 unspecified atom stereocenters. The van der Waals surface area contributed by atoms with Gasteiger partial charge in [0, 0.05) is 5.56 Å². The summed E-state index contributed by atoms with van der Waals surface area (Å²) in [5, 5.41) is 1.71. The number of rotatable bonds is 7. The fourth-order valence-electron chi connectivity index (χ4n) is 2.52. The summed E-state index contributed by atoms with van der Waals surface area (Å²) in [6, 6.07) is 17.3. The minimum Gasteiger partial charge on any atom is -0.461 e. The molecule has 0 spiro atoms. The molecule has 3 aromatic rings. The molecule has 1 atom stereocenters. The van der Waals surface area contributed by atoms with Gasteiger partial charge in [0.15, 0.2) is 6.10 Å². The van der Waals surface area contributed by atoms with Gasteiger partial charge in [-0.25, -0.2) is 4.79 Å². The predicted molar refractivity (Wildman–Crippen MR) is 115 cm³/mol. The molecule has 0 saturated carbocycles. The second-order valence-electron chi connectivity index (χ2n) is 6.38. The van der Waals surface area contributed by atoms with Gasteiger partial charge >= 0.3 is 5.97 Å². The molecule has 0 radical (unpaired) electrons. The second kappa shape index (κ2) is 10.2. The molecule has 0 bridgehead atoms. The number of nitrogens with one attached hydrogen (secondary N) is 1. The van der Waals surface area contributed by atoms with Crippen LogP contribution in [0, 0.1) is 5.95 Å². The third-order valence-electron chi connectivity index (χ3n) is 4.13. The van der Waals surface area contributed by atoms with E-state index in [4.69, 9.17) is 32.7 Å². The molecule has 160 valence electrons. The Morgan fingerprint density at radius 1 is 1.03 bits per heavy atom. The van der Waals surface area contributed by atoms with Crippen molar-refractivity contribution >= 4 is 40.8 Å². The zero-order valence-electron chi connectivity index (χ0n) is 16.3. The first-order valence-corrected chi connectivity index (χ1v) is 9.90. The van der Waals surface area contributed by atoms with Crippen LogP contribution in [0.2, 0.25) is 10.0 Å². The lowest BCUT2D eigenvalue weighted by Crippen LogP contribution is -2.27. The van der Waals surface area contributed by atoms with Crippen molar-refractivity contribution in [2.45, 2.75) is 19.6 Å². The largest absolute Gasteiger partial charge is 0.461 e. The van der Waals surface area contributed by atoms with E-state index in [1.807, 2.05) is 18.2 Å². The van der Waals surface area contributed by atoms with Crippen LogP contribution in [-0.2, 0) is 16.1 Å². The Hall–Kier alpha value is -3.16. The molecule has 0 aliphatic rings. The number of pyridine rings is 1. The van der Waals surface area contributed by atoms with E-state index in [9.17, 15) is 14.0 Å². The molecular weight excluding hydrogens is 446 g/mol. The SMILES string of the molecule is CC(Oc1nc(F)c(Cl)c(NC(=O)c2ccccc2)c1Cl)C(=O)OCc1ccccc1. The molecule has 6 nitrogen and oxygen atoms in total. The van der Waals surface area contributed by atoms with Gasteiger partial charge in [0.25, 0.3) is 5.91 Å². The van der Waals surface area contributed by atoms with Crippen molar-refractivity contribution in [1.29, 1.82) is 0 Å². The molecule has 1 N–H and O–H groups in total. The normalized spacial score (nSPS) is 11.5. The average Bonchev–Trinajstić information content (AvgIpc) is 2.79. The summed E-state index contributed by atoms with van der Waals surface area (Å²) in [5.74, 6) is -2.78. The number of ether oxygens (including phenoxy) is 2. The van der Waals surface area contributed by atoms with Gasteiger partial charge in [0.2, 0.25) is 11.8 Å². The number of benzene rings is 2. The number of halogens is 3. The van der Waals surface area contributed by atoms with E-state index >= 15 is 0 Å². The number of carbonyl (C=O) groups is 2. The van der Waals surface area contributed by atoms with Crippen molar-refractivity contribution < 1.29 is 23.5 Å². The summed E-state index contributed by atoms with van der Waals surface area (Å²) in [5.41, 5.74) is 0.888. The van der Waals surface area contributed by atoms with Gasteiger partial charge < -0.3 is 14.8 Å². The maximum atomic E-state index is 14.2. The fourth-order valence-corrected chi connectivity index (χ4v) is 2.98. The van der Waals surface area contributed by atoms with Crippen LogP contribution in [-0.4, -0.2) is 23.0 Å². The van der Waals surface area contributed by atoms with E-state index in [1.165, 1.54) is 6.92 Å². The number of esters is 1. The lowest BCUT2D eigenvalue weighted by Gasteiger charge is -2.17. The Bertz CT molecular complexity index is 1080. The monoisotopic (exact) mass is 462 g/mol. The maximum absolute atomic E-state index is 14.2. The van der Waals surface area contributed by atoms with Crippen molar-refractivity contribution in [1.82, 2.24) is 4.98 Å². The third kappa shape index (κ3) is 5.71. The van der Waals surface area contributed by atoms with Crippen molar-refractivity contribution in [3.05, 3.63) is 87.8 Å². The summed E-state index contributed by atoms with van der Waals surface area (Å²) in [4.78, 5) is 28.2. The number of anilines is 1. The molecule has 1 aromatic heterocycles. The van der Waals surface area contributed by atoms with Gasteiger partial charge in [0.05, 0.1) is 5.69 Å². The Morgan fingerprint density at radius 3 is 2.29 bits per heavy atom. The zero-order chi connectivity index (χ0) is 22.4. The highest BCUT2D eigenvalue weighted by Gasteiger charge is 2.25. The van der Waals surface area contributed by atoms with Crippen molar-refractivity contribution in [3.63, 3.8) is 0 Å². The quantitative estimate of drug-likeness (QED) is 0.381. The number of aromatic nitrogens is 1. The third-order valence-corrected chi connectivity index (χ3v) is 4.82. The van der Waals surface area contributed by atoms with Gasteiger partial charge in [-0.05, 0) is 24.6 Å². The highest BCUT2D eigenvalue weighted by Crippen LogP contribution is 2.38. The van der Waals surface area contributed by atoms with E-state index in [2.05, 4.69) is 10.3 Å². The van der Waals surface area contributed by atoms with E-state index in [0.717, 1.165) is 5.56 Å². The predicted octanol–water partition coefficient (Wildman–Crippen LogP) is 5.29. The van der Waals surface area contributed by atoms with Crippen molar-refractivity contribution in [3.8, 4) is 5.88 Å². The highest BCUT2D eigenvalue weighted by atomic mass is 35.5. The maximum Gasteiger partial charge on any atom is 0.347 e. The molecule has 1 heterocycles. The summed E-state index contributed by atoms with van der Waals surface area (Å²) >= 11 is 12.2. The van der Waals surface area contributed by atoms with Crippen LogP contribution < -0.4 is 10.1 Å². The lowest BCUT2D eigenvalue weighted by atomic mass is 10.2. The zero-order valence-corrected chi connectivity index (χ0v) is 17.8. The molecule has 0 aliphatic carbocycles. The van der Waals surface area contributed by atoms with Crippen LogP contribution in [0.15, 0.2) is 60.7 Å². The average molecular weight is 463 g/mol. The van der Waals surface area contributed by atoms with Crippen LogP contribution in [0.3, 0.4) is 0 Å². The summed E-state index contributed by atoms with van der Waals surface area (Å²) < 4.78 is 24.8. The number of carbonyl (C=O) groups excluding carboxylic acids is 2. The van der Waals surface area contributed by atoms with Gasteiger partial charge in [0.1, 0.15) is 16.7 Å². The molecule has 9 heteroatoms. The van der Waals surface area contributed by atoms with Gasteiger partial charge in [-0.1, -0.05) is 71.7 Å². The molecule has 3 rings (SSSR count). The molecule has 0 saturated heterocycles. The highest BCUT2D eigenvalue weighted by molar-refractivity contribution is 6.40. The molecule has 0 aliphatic heterocycles. The van der Waals surface area contributed by atoms with Gasteiger partial charge in [-0.2, -0.15) is 9.37 Å². The smallest absolute Gasteiger partial charge is 0.347 e. The minimum atomic E-state index is -1.15. The van der Waals surface area contributed by atoms with E-state index in [1.54, 1.807) is 42.5 Å². The number of nitrogens with zero attached hydrogens (tertiary/aromatic N) is 1. The molecule has 31 heavy (non-hydrogen) atoms. The number of hydrogen-bond acceptors (Lipinski definition) is 5. The number of hydrogen-bond donors (Lipinski definition) is 1. The van der Waals surface area contributed by atoms with E-state index in [0.29, 0.717) is 5.56 Å². The first-order chi connectivity index (χ1) is 14.9. The van der Waals surface area contributed by atoms with Crippen LogP contribution >= 0.6 is 23.2 Å². The van der Waals surface area contributed by atoms with E-state index < -0.39 is 34.8 Å².